The summed E-state index contributed by atoms with van der Waals surface area (Å²) in [6.45, 7) is 2.16. The molecular formula is C24H21F2N5O2. The molecular weight excluding hydrogens is 428 g/mol. The number of amides is 1. The second-order valence-electron chi connectivity index (χ2n) is 8.94. The van der Waals surface area contributed by atoms with Crippen molar-refractivity contribution in [1.29, 1.82) is 0 Å². The molecule has 3 heterocycles. The molecule has 33 heavy (non-hydrogen) atoms. The highest BCUT2D eigenvalue weighted by Gasteiger charge is 2.29. The smallest absolute Gasteiger partial charge is 0.294 e. The number of halogens is 2. The van der Waals surface area contributed by atoms with Crippen LogP contribution in [0.15, 0.2) is 29.1 Å². The Hall–Kier alpha value is -3.62. The van der Waals surface area contributed by atoms with Gasteiger partial charge < -0.3 is 9.88 Å². The summed E-state index contributed by atoms with van der Waals surface area (Å²) < 4.78 is 29.3. The van der Waals surface area contributed by atoms with Crippen LogP contribution in [-0.2, 0) is 6.42 Å². The topological polar surface area (TPSA) is 83.4 Å². The number of nitrogens with one attached hydrogen (secondary N) is 1. The molecule has 1 aliphatic heterocycles. The van der Waals surface area contributed by atoms with E-state index < -0.39 is 11.6 Å². The van der Waals surface area contributed by atoms with Crippen LogP contribution in [0.25, 0.3) is 16.7 Å². The number of aryl methyl sites for hydroxylation is 1. The predicted octanol–water partition coefficient (Wildman–Crippen LogP) is 4.02. The molecule has 1 saturated carbocycles. The maximum Gasteiger partial charge on any atom is 0.294 e. The first-order valence-corrected chi connectivity index (χ1v) is 11.1. The van der Waals surface area contributed by atoms with Crippen LogP contribution in [0.3, 0.4) is 0 Å². The third kappa shape index (κ3) is 2.98. The van der Waals surface area contributed by atoms with Gasteiger partial charge in [0.25, 0.3) is 11.5 Å². The second kappa shape index (κ2) is 7.19. The van der Waals surface area contributed by atoms with E-state index in [9.17, 15) is 18.4 Å². The molecule has 168 valence electrons. The average Bonchev–Trinajstić information content (AvgIpc) is 3.53. The standard InChI is InChI=1S/C24H21F2N5O2/c1-12-8-20-18(27-23(32)22-29-28-21(31(20)22)13-4-2-3-5-13)10-15(12)24(33)30-7-6-14-9-16(25)17(26)11-19(14)30/h8-11,13H,2-7H2,1H3,(H,27,32). The quantitative estimate of drug-likeness (QED) is 0.501. The molecule has 1 amide bonds. The van der Waals surface area contributed by atoms with Gasteiger partial charge in [0.15, 0.2) is 11.6 Å². The molecule has 0 spiro atoms. The van der Waals surface area contributed by atoms with Crippen LogP contribution in [0.5, 0.6) is 0 Å². The summed E-state index contributed by atoms with van der Waals surface area (Å²) >= 11 is 0. The summed E-state index contributed by atoms with van der Waals surface area (Å²) in [5, 5.41) is 8.46. The van der Waals surface area contributed by atoms with Gasteiger partial charge in [-0.05, 0) is 55.5 Å². The molecule has 6 rings (SSSR count). The van der Waals surface area contributed by atoms with E-state index in [0.29, 0.717) is 40.9 Å². The van der Waals surface area contributed by atoms with Gasteiger partial charge in [-0.3, -0.25) is 14.0 Å². The molecule has 2 aromatic carbocycles. The molecule has 0 unspecified atom stereocenters. The molecule has 0 radical (unpaired) electrons. The van der Waals surface area contributed by atoms with Gasteiger partial charge in [-0.25, -0.2) is 8.78 Å². The second-order valence-corrected chi connectivity index (χ2v) is 8.94. The lowest BCUT2D eigenvalue weighted by Gasteiger charge is -2.19. The number of carbonyl (C=O) groups excluding carboxylic acids is 1. The fraction of sp³-hybridized carbons (Fsp3) is 0.333. The van der Waals surface area contributed by atoms with E-state index >= 15 is 0 Å². The van der Waals surface area contributed by atoms with Crippen LogP contribution in [0.1, 0.15) is 58.9 Å². The molecule has 4 aromatic rings. The van der Waals surface area contributed by atoms with E-state index in [-0.39, 0.29) is 23.0 Å². The first kappa shape index (κ1) is 20.0. The van der Waals surface area contributed by atoms with E-state index in [4.69, 9.17) is 0 Å². The zero-order chi connectivity index (χ0) is 22.9. The van der Waals surface area contributed by atoms with Gasteiger partial charge >= 0.3 is 0 Å². The van der Waals surface area contributed by atoms with Gasteiger partial charge in [0, 0.05) is 24.1 Å². The average molecular weight is 449 g/mol. The van der Waals surface area contributed by atoms with E-state index in [1.165, 1.54) is 4.90 Å². The minimum atomic E-state index is -0.984. The van der Waals surface area contributed by atoms with Crippen molar-refractivity contribution in [2.24, 2.45) is 0 Å². The van der Waals surface area contributed by atoms with Gasteiger partial charge in [0.05, 0.1) is 16.7 Å². The van der Waals surface area contributed by atoms with Crippen LogP contribution in [0.4, 0.5) is 14.5 Å². The number of hydrogen-bond acceptors (Lipinski definition) is 4. The van der Waals surface area contributed by atoms with Gasteiger partial charge in [0.2, 0.25) is 5.65 Å². The summed E-state index contributed by atoms with van der Waals surface area (Å²) in [5.41, 5.74) is 3.20. The van der Waals surface area contributed by atoms with E-state index in [1.54, 1.807) is 6.07 Å². The number of aromatic amines is 1. The van der Waals surface area contributed by atoms with Crippen molar-refractivity contribution < 1.29 is 13.6 Å². The Labute approximate surface area is 187 Å². The van der Waals surface area contributed by atoms with Crippen molar-refractivity contribution in [2.45, 2.75) is 44.9 Å². The summed E-state index contributed by atoms with van der Waals surface area (Å²) in [5.74, 6) is -1.19. The SMILES string of the molecule is Cc1cc2c(cc1C(=O)N1CCc3cc(F)c(F)cc31)[nH]c(=O)c1nnc(C3CCCC3)n12. The van der Waals surface area contributed by atoms with Crippen LogP contribution in [0.2, 0.25) is 0 Å². The largest absolute Gasteiger partial charge is 0.317 e. The van der Waals surface area contributed by atoms with Crippen molar-refractivity contribution in [3.05, 3.63) is 68.8 Å². The maximum atomic E-state index is 13.9. The van der Waals surface area contributed by atoms with E-state index in [2.05, 4.69) is 15.2 Å². The molecule has 1 fully saturated rings. The fourth-order valence-corrected chi connectivity index (χ4v) is 5.25. The number of carbonyl (C=O) groups is 1. The van der Waals surface area contributed by atoms with Crippen LogP contribution in [0, 0.1) is 18.6 Å². The summed E-state index contributed by atoms with van der Waals surface area (Å²) in [6, 6.07) is 5.73. The summed E-state index contributed by atoms with van der Waals surface area (Å²) in [7, 11) is 0. The third-order valence-corrected chi connectivity index (χ3v) is 6.94. The van der Waals surface area contributed by atoms with Gasteiger partial charge in [-0.2, -0.15) is 0 Å². The number of nitrogens with zero attached hydrogens (tertiary/aromatic N) is 4. The lowest BCUT2D eigenvalue weighted by atomic mass is 10.0. The molecule has 0 bridgehead atoms. The number of benzene rings is 2. The number of H-pyrrole nitrogens is 1. The molecule has 2 aliphatic rings. The number of fused-ring (bicyclic) bond motifs is 4. The Morgan fingerprint density at radius 2 is 1.85 bits per heavy atom. The highest BCUT2D eigenvalue weighted by atomic mass is 19.2. The van der Waals surface area contributed by atoms with E-state index in [1.807, 2.05) is 17.4 Å². The van der Waals surface area contributed by atoms with Crippen LogP contribution < -0.4 is 10.5 Å². The molecule has 1 N–H and O–H groups in total. The van der Waals surface area contributed by atoms with Crippen molar-refractivity contribution in [1.82, 2.24) is 19.6 Å². The molecule has 9 heteroatoms. The Morgan fingerprint density at radius 3 is 2.64 bits per heavy atom. The predicted molar refractivity (Wildman–Crippen MR) is 119 cm³/mol. The van der Waals surface area contributed by atoms with Crippen molar-refractivity contribution in [3.8, 4) is 0 Å². The van der Waals surface area contributed by atoms with Crippen molar-refractivity contribution >= 4 is 28.3 Å². The third-order valence-electron chi connectivity index (χ3n) is 6.94. The van der Waals surface area contributed by atoms with Crippen LogP contribution >= 0.6 is 0 Å². The number of aromatic nitrogens is 4. The minimum Gasteiger partial charge on any atom is -0.317 e. The molecule has 0 saturated heterocycles. The zero-order valence-electron chi connectivity index (χ0n) is 18.0. The molecule has 2 aromatic heterocycles. The highest BCUT2D eigenvalue weighted by molar-refractivity contribution is 6.09. The number of rotatable bonds is 2. The lowest BCUT2D eigenvalue weighted by Crippen LogP contribution is -2.29. The Kier molecular flexibility index (Phi) is 4.36. The minimum absolute atomic E-state index is 0.244. The monoisotopic (exact) mass is 449 g/mol. The molecule has 1 aliphatic carbocycles. The Morgan fingerprint density at radius 1 is 1.09 bits per heavy atom. The lowest BCUT2D eigenvalue weighted by molar-refractivity contribution is 0.0989. The van der Waals surface area contributed by atoms with Crippen molar-refractivity contribution in [2.75, 3.05) is 11.4 Å². The van der Waals surface area contributed by atoms with Gasteiger partial charge in [0.1, 0.15) is 5.82 Å². The first-order valence-electron chi connectivity index (χ1n) is 11.1. The Balaban J connectivity index is 1.49. The fourth-order valence-electron chi connectivity index (χ4n) is 5.25. The first-order chi connectivity index (χ1) is 15.9. The summed E-state index contributed by atoms with van der Waals surface area (Å²) in [6.07, 6.45) is 4.72. The van der Waals surface area contributed by atoms with Gasteiger partial charge in [-0.15, -0.1) is 10.2 Å². The number of anilines is 1. The number of hydrogen-bond donors (Lipinski definition) is 1. The zero-order valence-corrected chi connectivity index (χ0v) is 18.0. The van der Waals surface area contributed by atoms with Crippen molar-refractivity contribution in [3.63, 3.8) is 0 Å². The van der Waals surface area contributed by atoms with Crippen LogP contribution in [-0.4, -0.2) is 32.0 Å². The molecule has 0 atom stereocenters. The van der Waals surface area contributed by atoms with E-state index in [0.717, 1.165) is 49.2 Å². The summed E-state index contributed by atoms with van der Waals surface area (Å²) in [4.78, 5) is 30.4. The maximum absolute atomic E-state index is 13.9. The van der Waals surface area contributed by atoms with Gasteiger partial charge in [-0.1, -0.05) is 12.8 Å². The molecule has 7 nitrogen and oxygen atoms in total. The highest BCUT2D eigenvalue weighted by Crippen LogP contribution is 2.35. The Bertz CT molecular complexity index is 1520. The normalized spacial score (nSPS) is 16.3.